The minimum atomic E-state index is -0.870. The van der Waals surface area contributed by atoms with Crippen LogP contribution in [-0.2, 0) is 32.3 Å². The Bertz CT molecular complexity index is 1040. The van der Waals surface area contributed by atoms with Gasteiger partial charge in [0.2, 0.25) is 0 Å². The summed E-state index contributed by atoms with van der Waals surface area (Å²) >= 11 is 0. The number of rotatable bonds is 11. The Morgan fingerprint density at radius 1 is 0.528 bits per heavy atom. The summed E-state index contributed by atoms with van der Waals surface area (Å²) in [4.78, 5) is 44.6. The van der Waals surface area contributed by atoms with Crippen LogP contribution in [0, 0.1) is 0 Å². The molecule has 3 aromatic rings. The van der Waals surface area contributed by atoms with E-state index in [0.717, 1.165) is 11.1 Å². The van der Waals surface area contributed by atoms with Crippen molar-refractivity contribution in [2.45, 2.75) is 38.9 Å². The molecule has 0 saturated heterocycles. The molecule has 0 atom stereocenters. The van der Waals surface area contributed by atoms with Gasteiger partial charge >= 0.3 is 23.9 Å². The van der Waals surface area contributed by atoms with Gasteiger partial charge in [-0.2, -0.15) is 0 Å². The molecule has 2 N–H and O–H groups in total. The number of benzene rings is 3. The Morgan fingerprint density at radius 3 is 1.19 bits per heavy atom. The molecule has 0 fully saturated rings. The third-order valence-electron chi connectivity index (χ3n) is 4.82. The van der Waals surface area contributed by atoms with Gasteiger partial charge in [-0.1, -0.05) is 72.8 Å². The highest BCUT2D eigenvalue weighted by Crippen LogP contribution is 2.14. The Balaban J connectivity index is 0.000000388. The Morgan fingerprint density at radius 2 is 0.861 bits per heavy atom. The number of ether oxygens (including phenoxy) is 2. The van der Waals surface area contributed by atoms with E-state index in [4.69, 9.17) is 19.7 Å². The van der Waals surface area contributed by atoms with Gasteiger partial charge in [0, 0.05) is 12.8 Å². The first kappa shape index (κ1) is 27.8. The van der Waals surface area contributed by atoms with Crippen molar-refractivity contribution in [3.63, 3.8) is 0 Å². The van der Waals surface area contributed by atoms with Crippen LogP contribution in [0.3, 0.4) is 0 Å². The van der Waals surface area contributed by atoms with E-state index in [9.17, 15) is 19.2 Å². The molecule has 0 amide bonds. The summed E-state index contributed by atoms with van der Waals surface area (Å²) in [6, 6.07) is 25.2. The summed E-state index contributed by atoms with van der Waals surface area (Å²) in [7, 11) is 0. The molecule has 0 heterocycles. The van der Waals surface area contributed by atoms with Crippen molar-refractivity contribution < 1.29 is 38.9 Å². The van der Waals surface area contributed by atoms with Crippen molar-refractivity contribution in [3.8, 4) is 0 Å². The van der Waals surface area contributed by atoms with Crippen LogP contribution in [0.25, 0.3) is 0 Å². The third-order valence-corrected chi connectivity index (χ3v) is 4.82. The summed E-state index contributed by atoms with van der Waals surface area (Å²) in [5.41, 5.74) is 2.15. The van der Waals surface area contributed by atoms with Crippen LogP contribution in [0.4, 0.5) is 0 Å². The summed E-state index contributed by atoms with van der Waals surface area (Å²) in [5.74, 6) is -2.85. The third kappa shape index (κ3) is 10.6. The van der Waals surface area contributed by atoms with Gasteiger partial charge in [0.15, 0.2) is 0 Å². The number of hydrogen-bond acceptors (Lipinski definition) is 6. The average Bonchev–Trinajstić information content (AvgIpc) is 2.90. The summed E-state index contributed by atoms with van der Waals surface area (Å²) in [6.45, 7) is 0.292. The second-order valence-corrected chi connectivity index (χ2v) is 7.66. The smallest absolute Gasteiger partial charge is 0.339 e. The second kappa shape index (κ2) is 15.4. The highest BCUT2D eigenvalue weighted by molar-refractivity contribution is 6.03. The first-order valence-corrected chi connectivity index (χ1v) is 11.3. The number of carboxylic acid groups (broad SMARTS) is 2. The summed E-state index contributed by atoms with van der Waals surface area (Å²) < 4.78 is 10.6. The van der Waals surface area contributed by atoms with Crippen LogP contribution >= 0.6 is 0 Å². The van der Waals surface area contributed by atoms with Crippen LogP contribution < -0.4 is 0 Å². The second-order valence-electron chi connectivity index (χ2n) is 7.66. The van der Waals surface area contributed by atoms with Gasteiger partial charge in [-0.05, 0) is 36.1 Å². The standard InChI is InChI=1S/C22H18O4.C6H10O4/c23-21(25-15-17-9-3-1-4-10-17)19-13-7-8-14-20(19)22(24)26-16-18-11-5-2-6-12-18;7-5(8)3-1-2-4-6(9)10/h1-14H,15-16H2;1-4H2,(H,7,8)(H,9,10). The van der Waals surface area contributed by atoms with Crippen LogP contribution in [-0.4, -0.2) is 34.1 Å². The summed E-state index contributed by atoms with van der Waals surface area (Å²) in [5, 5.41) is 16.3. The average molecular weight is 493 g/mol. The Labute approximate surface area is 209 Å². The number of esters is 2. The monoisotopic (exact) mass is 492 g/mol. The fourth-order valence-electron chi connectivity index (χ4n) is 2.99. The lowest BCUT2D eigenvalue weighted by molar-refractivity contribution is -0.139. The topological polar surface area (TPSA) is 127 Å². The molecule has 8 nitrogen and oxygen atoms in total. The van der Waals surface area contributed by atoms with Gasteiger partial charge in [-0.3, -0.25) is 9.59 Å². The van der Waals surface area contributed by atoms with Gasteiger partial charge in [0.1, 0.15) is 13.2 Å². The maximum Gasteiger partial charge on any atom is 0.339 e. The van der Waals surface area contributed by atoms with E-state index in [-0.39, 0.29) is 37.2 Å². The van der Waals surface area contributed by atoms with E-state index in [1.165, 1.54) is 0 Å². The fourth-order valence-corrected chi connectivity index (χ4v) is 2.99. The molecule has 0 radical (unpaired) electrons. The lowest BCUT2D eigenvalue weighted by Gasteiger charge is -2.10. The van der Waals surface area contributed by atoms with Gasteiger partial charge in [-0.25, -0.2) is 9.59 Å². The van der Waals surface area contributed by atoms with Crippen molar-refractivity contribution in [1.82, 2.24) is 0 Å². The number of hydrogen-bond donors (Lipinski definition) is 2. The molecule has 8 heteroatoms. The number of unbranched alkanes of at least 4 members (excludes halogenated alkanes) is 1. The number of carbonyl (C=O) groups is 4. The molecule has 0 aliphatic carbocycles. The van der Waals surface area contributed by atoms with E-state index in [1.807, 2.05) is 60.7 Å². The maximum atomic E-state index is 12.4. The van der Waals surface area contributed by atoms with Crippen LogP contribution in [0.15, 0.2) is 84.9 Å². The first-order chi connectivity index (χ1) is 17.4. The first-order valence-electron chi connectivity index (χ1n) is 11.3. The molecule has 36 heavy (non-hydrogen) atoms. The molecule has 3 aromatic carbocycles. The minimum Gasteiger partial charge on any atom is -0.481 e. The van der Waals surface area contributed by atoms with Gasteiger partial charge in [0.05, 0.1) is 11.1 Å². The number of carboxylic acids is 2. The normalized spacial score (nSPS) is 9.89. The van der Waals surface area contributed by atoms with Crippen molar-refractivity contribution in [2.75, 3.05) is 0 Å². The molecule has 0 aromatic heterocycles. The van der Waals surface area contributed by atoms with E-state index in [1.54, 1.807) is 24.3 Å². The lowest BCUT2D eigenvalue weighted by atomic mass is 10.1. The van der Waals surface area contributed by atoms with Crippen LogP contribution in [0.5, 0.6) is 0 Å². The molecule has 0 aliphatic heterocycles. The lowest BCUT2D eigenvalue weighted by Crippen LogP contribution is -2.14. The zero-order valence-corrected chi connectivity index (χ0v) is 19.7. The molecule has 3 rings (SSSR count). The van der Waals surface area contributed by atoms with Gasteiger partial charge in [0.25, 0.3) is 0 Å². The van der Waals surface area contributed by atoms with E-state index in [2.05, 4.69) is 0 Å². The quantitative estimate of drug-likeness (QED) is 0.279. The highest BCUT2D eigenvalue weighted by Gasteiger charge is 2.19. The Kier molecular flexibility index (Phi) is 11.9. The molecule has 0 bridgehead atoms. The van der Waals surface area contributed by atoms with E-state index >= 15 is 0 Å². The van der Waals surface area contributed by atoms with Crippen molar-refractivity contribution in [1.29, 1.82) is 0 Å². The van der Waals surface area contributed by atoms with Gasteiger partial charge in [-0.15, -0.1) is 0 Å². The predicted octanol–water partition coefficient (Wildman–Crippen LogP) is 5.12. The molecule has 0 saturated carbocycles. The van der Waals surface area contributed by atoms with Crippen molar-refractivity contribution in [2.24, 2.45) is 0 Å². The van der Waals surface area contributed by atoms with Crippen molar-refractivity contribution in [3.05, 3.63) is 107 Å². The maximum absolute atomic E-state index is 12.4. The molecular formula is C28H28O8. The zero-order valence-electron chi connectivity index (χ0n) is 19.7. The van der Waals surface area contributed by atoms with Gasteiger partial charge < -0.3 is 19.7 Å². The Hall–Kier alpha value is -4.46. The minimum absolute atomic E-state index is 0.0628. The predicted molar refractivity (Wildman–Crippen MR) is 131 cm³/mol. The fraction of sp³-hybridized carbons (Fsp3) is 0.214. The van der Waals surface area contributed by atoms with Crippen molar-refractivity contribution >= 4 is 23.9 Å². The molecule has 0 unspecified atom stereocenters. The SMILES string of the molecule is O=C(O)CCCCC(=O)O.O=C(OCc1ccccc1)c1ccccc1C(=O)OCc1ccccc1. The van der Waals surface area contributed by atoms with E-state index < -0.39 is 23.9 Å². The van der Waals surface area contributed by atoms with Crippen LogP contribution in [0.2, 0.25) is 0 Å². The molecule has 0 spiro atoms. The highest BCUT2D eigenvalue weighted by atomic mass is 16.5. The number of carbonyl (C=O) groups excluding carboxylic acids is 2. The van der Waals surface area contributed by atoms with Crippen LogP contribution in [0.1, 0.15) is 57.5 Å². The largest absolute Gasteiger partial charge is 0.481 e. The molecule has 188 valence electrons. The number of aliphatic carboxylic acids is 2. The van der Waals surface area contributed by atoms with E-state index in [0.29, 0.717) is 12.8 Å². The zero-order chi connectivity index (χ0) is 26.2. The molecule has 0 aliphatic rings. The molecular weight excluding hydrogens is 464 g/mol. The summed E-state index contributed by atoms with van der Waals surface area (Å²) in [6.07, 6.45) is 1.02.